The molecule has 27 heavy (non-hydrogen) atoms. The number of rotatable bonds is 8. The Bertz CT molecular complexity index is 930. The second-order valence-electron chi connectivity index (χ2n) is 6.50. The Kier molecular flexibility index (Phi) is 6.40. The van der Waals surface area contributed by atoms with Crippen molar-refractivity contribution in [1.82, 2.24) is 4.72 Å². The van der Waals surface area contributed by atoms with Crippen LogP contribution in [0.15, 0.2) is 91.0 Å². The standard InChI is InChI=1S/C22H24N2O2S/c23-21(19-12-6-2-7-13-19)22(20-14-8-3-9-15-20)24-27(25,26)17-16-18-10-4-1-5-11-18/h1-15,21-22,24H,16-17,23H2/t21-,22-/m1/s1. The number of hydrogen-bond donors (Lipinski definition) is 2. The molecule has 2 atom stereocenters. The highest BCUT2D eigenvalue weighted by Gasteiger charge is 2.26. The minimum Gasteiger partial charge on any atom is -0.322 e. The molecule has 0 bridgehead atoms. The summed E-state index contributed by atoms with van der Waals surface area (Å²) < 4.78 is 28.3. The molecule has 3 aromatic carbocycles. The highest BCUT2D eigenvalue weighted by Crippen LogP contribution is 2.27. The fourth-order valence-corrected chi connectivity index (χ4v) is 4.32. The molecule has 3 rings (SSSR count). The van der Waals surface area contributed by atoms with Crippen molar-refractivity contribution in [3.63, 3.8) is 0 Å². The minimum atomic E-state index is -3.51. The van der Waals surface area contributed by atoms with Crippen molar-refractivity contribution in [3.8, 4) is 0 Å². The van der Waals surface area contributed by atoms with Crippen molar-refractivity contribution in [2.24, 2.45) is 5.73 Å². The van der Waals surface area contributed by atoms with Gasteiger partial charge >= 0.3 is 0 Å². The molecule has 0 aliphatic rings. The van der Waals surface area contributed by atoms with Crippen LogP contribution in [0.4, 0.5) is 0 Å². The molecule has 0 amide bonds. The van der Waals surface area contributed by atoms with E-state index in [-0.39, 0.29) is 5.75 Å². The van der Waals surface area contributed by atoms with E-state index in [4.69, 9.17) is 5.73 Å². The molecule has 0 spiro atoms. The summed E-state index contributed by atoms with van der Waals surface area (Å²) in [5.41, 5.74) is 9.18. The highest BCUT2D eigenvalue weighted by atomic mass is 32.2. The third-order valence-corrected chi connectivity index (χ3v) is 5.87. The predicted octanol–water partition coefficient (Wildman–Crippen LogP) is 3.59. The Hall–Kier alpha value is -2.47. The summed E-state index contributed by atoms with van der Waals surface area (Å²) in [5, 5.41) is 0. The van der Waals surface area contributed by atoms with E-state index in [1.54, 1.807) is 0 Å². The first kappa shape index (κ1) is 19.3. The number of aryl methyl sites for hydroxylation is 1. The van der Waals surface area contributed by atoms with Crippen LogP contribution in [0.3, 0.4) is 0 Å². The van der Waals surface area contributed by atoms with Gasteiger partial charge in [-0.15, -0.1) is 0 Å². The lowest BCUT2D eigenvalue weighted by Crippen LogP contribution is -2.37. The van der Waals surface area contributed by atoms with Crippen LogP contribution in [0.2, 0.25) is 0 Å². The van der Waals surface area contributed by atoms with Crippen LogP contribution in [-0.4, -0.2) is 14.2 Å². The lowest BCUT2D eigenvalue weighted by atomic mass is 9.95. The zero-order valence-electron chi connectivity index (χ0n) is 15.0. The van der Waals surface area contributed by atoms with Gasteiger partial charge in [0.05, 0.1) is 17.8 Å². The summed E-state index contributed by atoms with van der Waals surface area (Å²) in [5.74, 6) is 0.0157. The zero-order chi connectivity index (χ0) is 19.1. The molecule has 3 aromatic rings. The van der Waals surface area contributed by atoms with Gasteiger partial charge in [-0.3, -0.25) is 0 Å². The molecule has 0 aromatic heterocycles. The number of nitrogens with one attached hydrogen (secondary N) is 1. The molecule has 0 aliphatic carbocycles. The van der Waals surface area contributed by atoms with Crippen LogP contribution >= 0.6 is 0 Å². The largest absolute Gasteiger partial charge is 0.322 e. The van der Waals surface area contributed by atoms with Crippen molar-refractivity contribution in [2.75, 3.05) is 5.75 Å². The van der Waals surface area contributed by atoms with E-state index in [0.29, 0.717) is 6.42 Å². The van der Waals surface area contributed by atoms with Crippen molar-refractivity contribution in [1.29, 1.82) is 0 Å². The van der Waals surface area contributed by atoms with Crippen molar-refractivity contribution in [2.45, 2.75) is 18.5 Å². The minimum absolute atomic E-state index is 0.0157. The Labute approximate surface area is 161 Å². The molecule has 5 heteroatoms. The van der Waals surface area contributed by atoms with Gasteiger partial charge in [0.25, 0.3) is 0 Å². The summed E-state index contributed by atoms with van der Waals surface area (Å²) in [4.78, 5) is 0. The molecule has 3 N–H and O–H groups in total. The summed E-state index contributed by atoms with van der Waals surface area (Å²) in [6.07, 6.45) is 0.457. The highest BCUT2D eigenvalue weighted by molar-refractivity contribution is 7.89. The lowest BCUT2D eigenvalue weighted by molar-refractivity contribution is 0.504. The maximum atomic E-state index is 12.8. The van der Waals surface area contributed by atoms with Gasteiger partial charge in [0.15, 0.2) is 0 Å². The van der Waals surface area contributed by atoms with Crippen LogP contribution in [-0.2, 0) is 16.4 Å². The molecule has 0 unspecified atom stereocenters. The summed E-state index contributed by atoms with van der Waals surface area (Å²) in [6.45, 7) is 0. The Morgan fingerprint density at radius 2 is 1.22 bits per heavy atom. The summed E-state index contributed by atoms with van der Waals surface area (Å²) in [6, 6.07) is 27.6. The van der Waals surface area contributed by atoms with Crippen LogP contribution in [0.5, 0.6) is 0 Å². The molecular formula is C22H24N2O2S. The average molecular weight is 381 g/mol. The quantitative estimate of drug-likeness (QED) is 0.627. The van der Waals surface area contributed by atoms with Gasteiger partial charge in [-0.05, 0) is 23.1 Å². The van der Waals surface area contributed by atoms with Gasteiger partial charge in [0.2, 0.25) is 10.0 Å². The number of sulfonamides is 1. The van der Waals surface area contributed by atoms with Crippen LogP contribution in [0.1, 0.15) is 28.8 Å². The Balaban J connectivity index is 1.80. The van der Waals surface area contributed by atoms with Gasteiger partial charge in [-0.2, -0.15) is 0 Å². The van der Waals surface area contributed by atoms with E-state index in [9.17, 15) is 8.42 Å². The molecular weight excluding hydrogens is 356 g/mol. The van der Waals surface area contributed by atoms with Crippen molar-refractivity contribution < 1.29 is 8.42 Å². The van der Waals surface area contributed by atoms with E-state index in [2.05, 4.69) is 4.72 Å². The molecule has 140 valence electrons. The maximum Gasteiger partial charge on any atom is 0.212 e. The number of benzene rings is 3. The smallest absolute Gasteiger partial charge is 0.212 e. The fourth-order valence-electron chi connectivity index (χ4n) is 3.03. The van der Waals surface area contributed by atoms with Crippen LogP contribution in [0, 0.1) is 0 Å². The summed E-state index contributed by atoms with van der Waals surface area (Å²) >= 11 is 0. The first-order valence-electron chi connectivity index (χ1n) is 8.94. The maximum absolute atomic E-state index is 12.8. The van der Waals surface area contributed by atoms with E-state index in [1.165, 1.54) is 0 Å². The number of nitrogens with two attached hydrogens (primary N) is 1. The second-order valence-corrected chi connectivity index (χ2v) is 8.37. The van der Waals surface area contributed by atoms with Crippen molar-refractivity contribution in [3.05, 3.63) is 108 Å². The molecule has 4 nitrogen and oxygen atoms in total. The molecule has 0 aliphatic heterocycles. The van der Waals surface area contributed by atoms with Gasteiger partial charge < -0.3 is 5.73 Å². The van der Waals surface area contributed by atoms with Gasteiger partial charge in [-0.1, -0.05) is 91.0 Å². The van der Waals surface area contributed by atoms with Crippen molar-refractivity contribution >= 4 is 10.0 Å². The van der Waals surface area contributed by atoms with Crippen LogP contribution in [0.25, 0.3) is 0 Å². The van der Waals surface area contributed by atoms with Gasteiger partial charge in [-0.25, -0.2) is 13.1 Å². The molecule has 0 radical (unpaired) electrons. The first-order valence-corrected chi connectivity index (χ1v) is 10.6. The Morgan fingerprint density at radius 1 is 0.741 bits per heavy atom. The van der Waals surface area contributed by atoms with E-state index in [0.717, 1.165) is 16.7 Å². The van der Waals surface area contributed by atoms with E-state index < -0.39 is 22.1 Å². The SMILES string of the molecule is N[C@H](c1ccccc1)[C@H](NS(=O)(=O)CCc1ccccc1)c1ccccc1. The molecule has 0 saturated heterocycles. The normalized spacial score (nSPS) is 13.8. The molecule has 0 fully saturated rings. The first-order chi connectivity index (χ1) is 13.1. The van der Waals surface area contributed by atoms with Gasteiger partial charge in [0, 0.05) is 0 Å². The van der Waals surface area contributed by atoms with E-state index in [1.807, 2.05) is 91.0 Å². The summed E-state index contributed by atoms with van der Waals surface area (Å²) in [7, 11) is -3.51. The van der Waals surface area contributed by atoms with Gasteiger partial charge in [0.1, 0.15) is 0 Å². The number of hydrogen-bond acceptors (Lipinski definition) is 3. The average Bonchev–Trinajstić information content (AvgIpc) is 2.72. The van der Waals surface area contributed by atoms with E-state index >= 15 is 0 Å². The van der Waals surface area contributed by atoms with Crippen LogP contribution < -0.4 is 10.5 Å². The third kappa shape index (κ3) is 5.50. The molecule has 0 saturated carbocycles. The zero-order valence-corrected chi connectivity index (χ0v) is 15.8. The lowest BCUT2D eigenvalue weighted by Gasteiger charge is -2.26. The monoisotopic (exact) mass is 380 g/mol. The fraction of sp³-hybridized carbons (Fsp3) is 0.182. The topological polar surface area (TPSA) is 72.2 Å². The Morgan fingerprint density at radius 3 is 1.78 bits per heavy atom. The second kappa shape index (κ2) is 8.95. The third-order valence-electron chi connectivity index (χ3n) is 4.51. The molecule has 0 heterocycles. The predicted molar refractivity (Wildman–Crippen MR) is 110 cm³/mol.